The first-order valence-electron chi connectivity index (χ1n) is 6.95. The first-order chi connectivity index (χ1) is 11.2. The minimum atomic E-state index is -0.427. The quantitative estimate of drug-likeness (QED) is 0.624. The zero-order valence-corrected chi connectivity index (χ0v) is 13.5. The van der Waals surface area contributed by atoms with Gasteiger partial charge in [-0.15, -0.1) is 11.8 Å². The summed E-state index contributed by atoms with van der Waals surface area (Å²) >= 11 is 1.37. The van der Waals surface area contributed by atoms with E-state index in [-0.39, 0.29) is 18.3 Å². The van der Waals surface area contributed by atoms with Crippen molar-refractivity contribution >= 4 is 29.3 Å². The van der Waals surface area contributed by atoms with Gasteiger partial charge in [0.25, 0.3) is 5.91 Å². The fourth-order valence-corrected chi connectivity index (χ4v) is 2.44. The number of rotatable bonds is 7. The predicted octanol–water partition coefficient (Wildman–Crippen LogP) is 2.97. The van der Waals surface area contributed by atoms with E-state index in [4.69, 9.17) is 9.47 Å². The summed E-state index contributed by atoms with van der Waals surface area (Å²) in [5, 5.41) is 2.64. The van der Waals surface area contributed by atoms with Crippen LogP contribution in [0.4, 0.5) is 5.69 Å². The molecule has 0 aromatic heterocycles. The lowest BCUT2D eigenvalue weighted by Crippen LogP contribution is -2.21. The molecule has 0 aliphatic rings. The average molecular weight is 331 g/mol. The fourth-order valence-electron chi connectivity index (χ4n) is 1.72. The van der Waals surface area contributed by atoms with Crippen molar-refractivity contribution in [3.63, 3.8) is 0 Å². The molecule has 1 amide bonds. The third-order valence-corrected chi connectivity index (χ3v) is 3.82. The standard InChI is InChI=1S/C17H17NO4S/c1-21-14-9-7-13(8-10-14)18-16(19)11-22-17(20)12-23-15-5-3-2-4-6-15/h2-10H,11-12H2,1H3,(H,18,19). The minimum absolute atomic E-state index is 0.166. The van der Waals surface area contributed by atoms with Crippen LogP contribution < -0.4 is 10.1 Å². The Hall–Kier alpha value is -2.47. The van der Waals surface area contributed by atoms with E-state index in [1.165, 1.54) is 11.8 Å². The van der Waals surface area contributed by atoms with E-state index < -0.39 is 5.97 Å². The Bertz CT molecular complexity index is 643. The van der Waals surface area contributed by atoms with Gasteiger partial charge in [0.2, 0.25) is 0 Å². The average Bonchev–Trinajstić information content (AvgIpc) is 2.60. The lowest BCUT2D eigenvalue weighted by molar-refractivity contribution is -0.144. The highest BCUT2D eigenvalue weighted by atomic mass is 32.2. The van der Waals surface area contributed by atoms with Crippen LogP contribution >= 0.6 is 11.8 Å². The van der Waals surface area contributed by atoms with Crippen molar-refractivity contribution in [2.45, 2.75) is 4.90 Å². The van der Waals surface area contributed by atoms with E-state index in [0.717, 1.165) is 4.90 Å². The molecule has 1 N–H and O–H groups in total. The predicted molar refractivity (Wildman–Crippen MR) is 89.7 cm³/mol. The van der Waals surface area contributed by atoms with Crippen LogP contribution in [0.25, 0.3) is 0 Å². The number of carbonyl (C=O) groups is 2. The summed E-state index contributed by atoms with van der Waals surface area (Å²) < 4.78 is 9.98. The van der Waals surface area contributed by atoms with Crippen LogP contribution in [0.5, 0.6) is 5.75 Å². The van der Waals surface area contributed by atoms with Crippen LogP contribution in [0.2, 0.25) is 0 Å². The van der Waals surface area contributed by atoms with Crippen molar-refractivity contribution < 1.29 is 19.1 Å². The molecule has 120 valence electrons. The van der Waals surface area contributed by atoms with Crippen LogP contribution in [0.1, 0.15) is 0 Å². The SMILES string of the molecule is COc1ccc(NC(=O)COC(=O)CSc2ccccc2)cc1. The molecular weight excluding hydrogens is 314 g/mol. The lowest BCUT2D eigenvalue weighted by Gasteiger charge is -2.07. The van der Waals surface area contributed by atoms with Crippen LogP contribution in [-0.2, 0) is 14.3 Å². The Labute approximate surface area is 139 Å². The van der Waals surface area contributed by atoms with Crippen LogP contribution in [0, 0.1) is 0 Å². The molecule has 2 aromatic carbocycles. The largest absolute Gasteiger partial charge is 0.497 e. The zero-order chi connectivity index (χ0) is 16.5. The van der Waals surface area contributed by atoms with Gasteiger partial charge in [0.05, 0.1) is 12.9 Å². The summed E-state index contributed by atoms with van der Waals surface area (Å²) in [6, 6.07) is 16.4. The van der Waals surface area contributed by atoms with Crippen molar-refractivity contribution in [2.24, 2.45) is 0 Å². The van der Waals surface area contributed by atoms with Gasteiger partial charge in [0.15, 0.2) is 6.61 Å². The molecule has 6 heteroatoms. The zero-order valence-electron chi connectivity index (χ0n) is 12.7. The summed E-state index contributed by atoms with van der Waals surface area (Å²) in [4.78, 5) is 24.3. The number of nitrogens with one attached hydrogen (secondary N) is 1. The maximum absolute atomic E-state index is 11.7. The molecule has 0 heterocycles. The fraction of sp³-hybridized carbons (Fsp3) is 0.176. The molecule has 0 aliphatic carbocycles. The first kappa shape index (κ1) is 16.9. The Kier molecular flexibility index (Phi) is 6.50. The molecule has 0 saturated carbocycles. The van der Waals surface area contributed by atoms with Gasteiger partial charge in [-0.1, -0.05) is 18.2 Å². The highest BCUT2D eigenvalue weighted by Gasteiger charge is 2.08. The molecule has 0 fully saturated rings. The van der Waals surface area contributed by atoms with E-state index in [0.29, 0.717) is 11.4 Å². The van der Waals surface area contributed by atoms with Crippen LogP contribution in [-0.4, -0.2) is 31.3 Å². The molecular formula is C17H17NO4S. The highest BCUT2D eigenvalue weighted by Crippen LogP contribution is 2.17. The molecule has 2 rings (SSSR count). The van der Waals surface area contributed by atoms with Gasteiger partial charge in [-0.05, 0) is 36.4 Å². The van der Waals surface area contributed by atoms with Gasteiger partial charge < -0.3 is 14.8 Å². The second kappa shape index (κ2) is 8.85. The van der Waals surface area contributed by atoms with Crippen molar-refractivity contribution in [2.75, 3.05) is 24.8 Å². The van der Waals surface area contributed by atoms with Crippen LogP contribution in [0.15, 0.2) is 59.5 Å². The van der Waals surface area contributed by atoms with Gasteiger partial charge in [-0.25, -0.2) is 0 Å². The lowest BCUT2D eigenvalue weighted by atomic mass is 10.3. The van der Waals surface area contributed by atoms with E-state index in [1.807, 2.05) is 30.3 Å². The Morgan fingerprint density at radius 2 is 1.74 bits per heavy atom. The Balaban J connectivity index is 1.69. The number of hydrogen-bond donors (Lipinski definition) is 1. The summed E-state index contributed by atoms with van der Waals surface area (Å²) in [6.07, 6.45) is 0. The van der Waals surface area contributed by atoms with Gasteiger partial charge >= 0.3 is 5.97 Å². The topological polar surface area (TPSA) is 64.6 Å². The summed E-state index contributed by atoms with van der Waals surface area (Å²) in [7, 11) is 1.57. The van der Waals surface area contributed by atoms with Gasteiger partial charge in [-0.2, -0.15) is 0 Å². The maximum Gasteiger partial charge on any atom is 0.316 e. The molecule has 0 unspecified atom stereocenters. The molecule has 0 atom stereocenters. The molecule has 0 spiro atoms. The Morgan fingerprint density at radius 1 is 1.04 bits per heavy atom. The Morgan fingerprint density at radius 3 is 2.39 bits per heavy atom. The van der Waals surface area contributed by atoms with Crippen LogP contribution in [0.3, 0.4) is 0 Å². The molecule has 0 radical (unpaired) electrons. The van der Waals surface area contributed by atoms with Gasteiger partial charge in [-0.3, -0.25) is 9.59 Å². The van der Waals surface area contributed by atoms with Gasteiger partial charge in [0.1, 0.15) is 5.75 Å². The smallest absolute Gasteiger partial charge is 0.316 e. The summed E-state index contributed by atoms with van der Waals surface area (Å²) in [5.41, 5.74) is 0.616. The van der Waals surface area contributed by atoms with Crippen molar-refractivity contribution in [3.05, 3.63) is 54.6 Å². The van der Waals surface area contributed by atoms with Crippen molar-refractivity contribution in [1.29, 1.82) is 0 Å². The second-order valence-corrected chi connectivity index (χ2v) is 5.59. The van der Waals surface area contributed by atoms with Gasteiger partial charge in [0, 0.05) is 10.6 Å². The number of anilines is 1. The third kappa shape index (κ3) is 6.04. The molecule has 0 aliphatic heterocycles. The number of hydrogen-bond acceptors (Lipinski definition) is 5. The number of esters is 1. The molecule has 5 nitrogen and oxygen atoms in total. The van der Waals surface area contributed by atoms with E-state index in [2.05, 4.69) is 5.32 Å². The number of benzene rings is 2. The third-order valence-electron chi connectivity index (χ3n) is 2.84. The first-order valence-corrected chi connectivity index (χ1v) is 7.93. The van der Waals surface area contributed by atoms with E-state index in [9.17, 15) is 9.59 Å². The number of carbonyl (C=O) groups excluding carboxylic acids is 2. The number of methoxy groups -OCH3 is 1. The second-order valence-electron chi connectivity index (χ2n) is 4.54. The highest BCUT2D eigenvalue weighted by molar-refractivity contribution is 8.00. The normalized spacial score (nSPS) is 9.96. The molecule has 2 aromatic rings. The number of ether oxygens (including phenoxy) is 2. The molecule has 0 saturated heterocycles. The van der Waals surface area contributed by atoms with Crippen molar-refractivity contribution in [3.8, 4) is 5.75 Å². The minimum Gasteiger partial charge on any atom is -0.497 e. The molecule has 23 heavy (non-hydrogen) atoms. The summed E-state index contributed by atoms with van der Waals surface area (Å²) in [5.74, 6) is 0.0594. The number of amides is 1. The monoisotopic (exact) mass is 331 g/mol. The summed E-state index contributed by atoms with van der Waals surface area (Å²) in [6.45, 7) is -0.305. The maximum atomic E-state index is 11.7. The molecule has 0 bridgehead atoms. The van der Waals surface area contributed by atoms with E-state index >= 15 is 0 Å². The number of thioether (sulfide) groups is 1. The van der Waals surface area contributed by atoms with Crippen molar-refractivity contribution in [1.82, 2.24) is 0 Å². The van der Waals surface area contributed by atoms with E-state index in [1.54, 1.807) is 31.4 Å².